The maximum atomic E-state index is 12.2. The summed E-state index contributed by atoms with van der Waals surface area (Å²) in [4.78, 5) is 12.2. The summed E-state index contributed by atoms with van der Waals surface area (Å²) in [7, 11) is 1.51. The highest BCUT2D eigenvalue weighted by molar-refractivity contribution is 5.92. The highest BCUT2D eigenvalue weighted by Gasteiger charge is 2.24. The van der Waals surface area contributed by atoms with Crippen LogP contribution >= 0.6 is 0 Å². The highest BCUT2D eigenvalue weighted by atomic mass is 16.5. The molecule has 3 N–H and O–H groups in total. The van der Waals surface area contributed by atoms with E-state index in [9.17, 15) is 4.79 Å². The first kappa shape index (κ1) is 14.4. The van der Waals surface area contributed by atoms with Crippen molar-refractivity contribution in [2.45, 2.75) is 31.7 Å². The molecule has 2 rings (SSSR count). The number of nitrogens with one attached hydrogen (secondary N) is 1. The van der Waals surface area contributed by atoms with Gasteiger partial charge in [-0.3, -0.25) is 4.79 Å². The number of hydrogen-bond acceptors (Lipinski definition) is 4. The van der Waals surface area contributed by atoms with Gasteiger partial charge < -0.3 is 15.8 Å². The maximum absolute atomic E-state index is 12.2. The van der Waals surface area contributed by atoms with E-state index in [4.69, 9.17) is 15.7 Å². The number of ether oxygens (including phenoxy) is 1. The van der Waals surface area contributed by atoms with E-state index in [1.165, 1.54) is 7.11 Å². The van der Waals surface area contributed by atoms with E-state index in [1.54, 1.807) is 18.2 Å². The molecule has 0 aliphatic heterocycles. The van der Waals surface area contributed by atoms with Crippen LogP contribution in [-0.4, -0.2) is 19.1 Å². The molecule has 5 nitrogen and oxygen atoms in total. The number of hydrogen-bond donors (Lipinski definition) is 2. The minimum Gasteiger partial charge on any atom is -0.495 e. The monoisotopic (exact) mass is 273 g/mol. The van der Waals surface area contributed by atoms with Crippen molar-refractivity contribution in [2.24, 2.45) is 11.7 Å². The molecule has 1 aromatic carbocycles. The number of carbonyl (C=O) groups is 1. The molecule has 0 bridgehead atoms. The Morgan fingerprint density at radius 1 is 1.40 bits per heavy atom. The number of methoxy groups -OCH3 is 1. The minimum absolute atomic E-state index is 0.00552. The number of rotatable bonds is 3. The van der Waals surface area contributed by atoms with Crippen LogP contribution in [0.15, 0.2) is 18.2 Å². The predicted molar refractivity (Wildman–Crippen MR) is 76.3 cm³/mol. The zero-order chi connectivity index (χ0) is 14.5. The lowest BCUT2D eigenvalue weighted by atomic mass is 9.86. The fourth-order valence-corrected chi connectivity index (χ4v) is 2.50. The van der Waals surface area contributed by atoms with Gasteiger partial charge in [0.15, 0.2) is 0 Å². The highest BCUT2D eigenvalue weighted by Crippen LogP contribution is 2.26. The third-order valence-corrected chi connectivity index (χ3v) is 3.73. The third-order valence-electron chi connectivity index (χ3n) is 3.73. The molecule has 0 spiro atoms. The van der Waals surface area contributed by atoms with E-state index in [-0.39, 0.29) is 17.9 Å². The van der Waals surface area contributed by atoms with Gasteiger partial charge in [-0.2, -0.15) is 5.26 Å². The summed E-state index contributed by atoms with van der Waals surface area (Å²) in [6.45, 7) is 0. The topological polar surface area (TPSA) is 88.1 Å². The molecule has 1 aliphatic rings. The zero-order valence-corrected chi connectivity index (χ0v) is 11.6. The molecule has 0 saturated heterocycles. The van der Waals surface area contributed by atoms with Crippen LogP contribution in [0.2, 0.25) is 0 Å². The summed E-state index contributed by atoms with van der Waals surface area (Å²) in [6.07, 6.45) is 3.44. The molecule has 0 atom stereocenters. The average Bonchev–Trinajstić information content (AvgIpc) is 2.47. The number of nitrogens with zero attached hydrogens (tertiary/aromatic N) is 1. The van der Waals surface area contributed by atoms with E-state index in [2.05, 4.69) is 11.4 Å². The first-order chi connectivity index (χ1) is 9.63. The van der Waals surface area contributed by atoms with Gasteiger partial charge in [0.25, 0.3) is 0 Å². The van der Waals surface area contributed by atoms with Crippen LogP contribution in [0.4, 0.5) is 5.69 Å². The van der Waals surface area contributed by atoms with Crippen molar-refractivity contribution < 1.29 is 9.53 Å². The lowest BCUT2D eigenvalue weighted by Gasteiger charge is -2.25. The van der Waals surface area contributed by atoms with Crippen molar-refractivity contribution in [2.75, 3.05) is 12.4 Å². The summed E-state index contributed by atoms with van der Waals surface area (Å²) in [5.41, 5.74) is 6.88. The second kappa shape index (κ2) is 6.40. The maximum Gasteiger partial charge on any atom is 0.227 e. The van der Waals surface area contributed by atoms with Crippen LogP contribution in [0.25, 0.3) is 0 Å². The number of amides is 1. The van der Waals surface area contributed by atoms with E-state index in [1.807, 2.05) is 0 Å². The fourth-order valence-electron chi connectivity index (χ4n) is 2.50. The molecule has 1 aromatic rings. The Morgan fingerprint density at radius 3 is 2.70 bits per heavy atom. The third kappa shape index (κ3) is 3.28. The second-order valence-electron chi connectivity index (χ2n) is 5.13. The molecule has 0 radical (unpaired) electrons. The minimum atomic E-state index is 0.00552. The van der Waals surface area contributed by atoms with Crippen LogP contribution in [0.1, 0.15) is 31.2 Å². The van der Waals surface area contributed by atoms with Gasteiger partial charge in [0, 0.05) is 17.6 Å². The normalized spacial score (nSPS) is 21.9. The van der Waals surface area contributed by atoms with Gasteiger partial charge >= 0.3 is 0 Å². The summed E-state index contributed by atoms with van der Waals surface area (Å²) >= 11 is 0. The first-order valence-electron chi connectivity index (χ1n) is 6.78. The Balaban J connectivity index is 2.03. The van der Waals surface area contributed by atoms with Crippen molar-refractivity contribution in [3.05, 3.63) is 23.8 Å². The van der Waals surface area contributed by atoms with Crippen molar-refractivity contribution in [3.63, 3.8) is 0 Å². The van der Waals surface area contributed by atoms with E-state index in [0.717, 1.165) is 25.7 Å². The first-order valence-corrected chi connectivity index (χ1v) is 6.78. The summed E-state index contributed by atoms with van der Waals surface area (Å²) in [5, 5.41) is 11.9. The zero-order valence-electron chi connectivity index (χ0n) is 11.6. The smallest absolute Gasteiger partial charge is 0.227 e. The molecule has 20 heavy (non-hydrogen) atoms. The van der Waals surface area contributed by atoms with Gasteiger partial charge in [-0.1, -0.05) is 0 Å². The Kier molecular flexibility index (Phi) is 4.59. The molecule has 0 heterocycles. The molecular formula is C15H19N3O2. The van der Waals surface area contributed by atoms with Crippen LogP contribution < -0.4 is 15.8 Å². The average molecular weight is 273 g/mol. The fraction of sp³-hybridized carbons (Fsp3) is 0.467. The van der Waals surface area contributed by atoms with Gasteiger partial charge in [-0.15, -0.1) is 0 Å². The van der Waals surface area contributed by atoms with Crippen LogP contribution in [0, 0.1) is 17.2 Å². The van der Waals surface area contributed by atoms with Crippen LogP contribution in [-0.2, 0) is 4.79 Å². The van der Waals surface area contributed by atoms with Gasteiger partial charge in [0.1, 0.15) is 11.8 Å². The van der Waals surface area contributed by atoms with Gasteiger partial charge in [-0.25, -0.2) is 0 Å². The Bertz CT molecular complexity index is 528. The number of carbonyl (C=O) groups excluding carboxylic acids is 1. The van der Waals surface area contributed by atoms with Gasteiger partial charge in [0.05, 0.1) is 12.7 Å². The van der Waals surface area contributed by atoms with Crippen molar-refractivity contribution in [1.82, 2.24) is 0 Å². The predicted octanol–water partition coefficient (Wildman–Crippen LogP) is 2.02. The number of nitrogens with two attached hydrogens (primary N) is 1. The molecule has 5 heteroatoms. The number of anilines is 1. The van der Waals surface area contributed by atoms with Crippen LogP contribution in [0.3, 0.4) is 0 Å². The molecule has 0 aromatic heterocycles. The number of nitriles is 1. The summed E-state index contributed by atoms with van der Waals surface area (Å²) < 4.78 is 5.08. The molecule has 106 valence electrons. The lowest BCUT2D eigenvalue weighted by Crippen LogP contribution is -2.32. The Morgan fingerprint density at radius 2 is 2.10 bits per heavy atom. The Labute approximate surface area is 118 Å². The molecule has 0 unspecified atom stereocenters. The van der Waals surface area contributed by atoms with E-state index < -0.39 is 0 Å². The quantitative estimate of drug-likeness (QED) is 0.881. The molecule has 1 amide bonds. The SMILES string of the molecule is COc1ccc(NC(=O)C2CCC(N)CC2)cc1C#N. The standard InChI is InChI=1S/C15H19N3O2/c1-20-14-7-6-13(8-11(14)9-16)18-15(19)10-2-4-12(17)5-3-10/h6-8,10,12H,2-5,17H2,1H3,(H,18,19). The van der Waals surface area contributed by atoms with Crippen molar-refractivity contribution >= 4 is 11.6 Å². The molecular weight excluding hydrogens is 254 g/mol. The molecule has 1 saturated carbocycles. The lowest BCUT2D eigenvalue weighted by molar-refractivity contribution is -0.120. The van der Waals surface area contributed by atoms with Crippen molar-refractivity contribution in [3.8, 4) is 11.8 Å². The Hall–Kier alpha value is -2.06. The summed E-state index contributed by atoms with van der Waals surface area (Å²) in [5.74, 6) is 0.530. The van der Waals surface area contributed by atoms with Crippen LogP contribution in [0.5, 0.6) is 5.75 Å². The van der Waals surface area contributed by atoms with Crippen molar-refractivity contribution in [1.29, 1.82) is 5.26 Å². The largest absolute Gasteiger partial charge is 0.495 e. The van der Waals surface area contributed by atoms with E-state index >= 15 is 0 Å². The molecule has 1 fully saturated rings. The number of benzene rings is 1. The summed E-state index contributed by atoms with van der Waals surface area (Å²) in [6, 6.07) is 7.34. The molecule has 1 aliphatic carbocycles. The van der Waals surface area contributed by atoms with Gasteiger partial charge in [0.2, 0.25) is 5.91 Å². The van der Waals surface area contributed by atoms with E-state index in [0.29, 0.717) is 17.0 Å². The second-order valence-corrected chi connectivity index (χ2v) is 5.13. The van der Waals surface area contributed by atoms with Gasteiger partial charge in [-0.05, 0) is 43.9 Å².